The standard InChI is InChI=1S/C15H12Cl2N4O3S/c16-12-2-1-11(9-13(12)17)25(22,23)19-8-5-14-20-21-15(24-14)10-3-6-18-7-4-10/h1-4,6-7,9,19H,5,8H2. The van der Waals surface area contributed by atoms with Gasteiger partial charge in [0.15, 0.2) is 0 Å². The van der Waals surface area contributed by atoms with Crippen molar-refractivity contribution in [1.82, 2.24) is 19.9 Å². The van der Waals surface area contributed by atoms with Crippen LogP contribution in [0.15, 0.2) is 52.0 Å². The molecule has 0 radical (unpaired) electrons. The number of benzene rings is 1. The topological polar surface area (TPSA) is 98.0 Å². The smallest absolute Gasteiger partial charge is 0.247 e. The van der Waals surface area contributed by atoms with E-state index in [1.54, 1.807) is 24.5 Å². The van der Waals surface area contributed by atoms with Crippen molar-refractivity contribution in [2.24, 2.45) is 0 Å². The maximum atomic E-state index is 12.2. The van der Waals surface area contributed by atoms with E-state index in [-0.39, 0.29) is 27.9 Å². The van der Waals surface area contributed by atoms with Gasteiger partial charge in [-0.05, 0) is 30.3 Å². The van der Waals surface area contributed by atoms with Crippen LogP contribution in [-0.4, -0.2) is 30.1 Å². The molecule has 3 aromatic rings. The first-order chi connectivity index (χ1) is 12.0. The first kappa shape index (κ1) is 17.8. The lowest BCUT2D eigenvalue weighted by Crippen LogP contribution is -2.26. The van der Waals surface area contributed by atoms with Gasteiger partial charge < -0.3 is 4.42 Å². The van der Waals surface area contributed by atoms with Crippen molar-refractivity contribution >= 4 is 33.2 Å². The van der Waals surface area contributed by atoms with E-state index in [1.165, 1.54) is 18.2 Å². The highest BCUT2D eigenvalue weighted by atomic mass is 35.5. The molecule has 0 atom stereocenters. The molecule has 130 valence electrons. The van der Waals surface area contributed by atoms with Gasteiger partial charge >= 0.3 is 0 Å². The van der Waals surface area contributed by atoms with Crippen LogP contribution in [0, 0.1) is 0 Å². The van der Waals surface area contributed by atoms with Crippen molar-refractivity contribution in [1.29, 1.82) is 0 Å². The van der Waals surface area contributed by atoms with E-state index in [4.69, 9.17) is 27.6 Å². The summed E-state index contributed by atoms with van der Waals surface area (Å²) in [6, 6.07) is 7.58. The third-order valence-electron chi connectivity index (χ3n) is 3.23. The highest BCUT2D eigenvalue weighted by Gasteiger charge is 2.16. The van der Waals surface area contributed by atoms with Crippen LogP contribution in [-0.2, 0) is 16.4 Å². The molecule has 7 nitrogen and oxygen atoms in total. The van der Waals surface area contributed by atoms with Gasteiger partial charge in [0.1, 0.15) is 0 Å². The zero-order valence-electron chi connectivity index (χ0n) is 12.7. The second-order valence-electron chi connectivity index (χ2n) is 4.96. The quantitative estimate of drug-likeness (QED) is 0.685. The van der Waals surface area contributed by atoms with E-state index in [0.29, 0.717) is 11.8 Å². The summed E-state index contributed by atoms with van der Waals surface area (Å²) in [6.07, 6.45) is 3.48. The minimum atomic E-state index is -3.71. The Balaban J connectivity index is 1.63. The zero-order chi connectivity index (χ0) is 17.9. The molecular formula is C15H12Cl2N4O3S. The van der Waals surface area contributed by atoms with Crippen LogP contribution in [0.5, 0.6) is 0 Å². The third-order valence-corrected chi connectivity index (χ3v) is 5.42. The fraction of sp³-hybridized carbons (Fsp3) is 0.133. The monoisotopic (exact) mass is 398 g/mol. The molecule has 0 spiro atoms. The predicted molar refractivity (Wildman–Crippen MR) is 92.9 cm³/mol. The Morgan fingerprint density at radius 1 is 1.04 bits per heavy atom. The molecule has 0 aliphatic heterocycles. The number of nitrogens with zero attached hydrogens (tertiary/aromatic N) is 3. The van der Waals surface area contributed by atoms with Crippen molar-refractivity contribution in [3.05, 3.63) is 58.7 Å². The Labute approximate surface area is 154 Å². The van der Waals surface area contributed by atoms with Gasteiger partial charge in [-0.2, -0.15) is 0 Å². The number of aromatic nitrogens is 3. The van der Waals surface area contributed by atoms with E-state index < -0.39 is 10.0 Å². The van der Waals surface area contributed by atoms with E-state index in [1.807, 2.05) is 0 Å². The summed E-state index contributed by atoms with van der Waals surface area (Å²) < 4.78 is 32.4. The van der Waals surface area contributed by atoms with Crippen molar-refractivity contribution in [3.8, 4) is 11.5 Å². The maximum Gasteiger partial charge on any atom is 0.247 e. The van der Waals surface area contributed by atoms with Crippen molar-refractivity contribution in [3.63, 3.8) is 0 Å². The second kappa shape index (κ2) is 7.49. The van der Waals surface area contributed by atoms with Crippen LogP contribution in [0.3, 0.4) is 0 Å². The number of halogens is 2. The number of hydrogen-bond acceptors (Lipinski definition) is 6. The van der Waals surface area contributed by atoms with Gasteiger partial charge in [0.25, 0.3) is 0 Å². The Bertz CT molecular complexity index is 977. The second-order valence-corrected chi connectivity index (χ2v) is 7.54. The van der Waals surface area contributed by atoms with Gasteiger partial charge in [-0.1, -0.05) is 23.2 Å². The number of nitrogens with one attached hydrogen (secondary N) is 1. The molecule has 10 heteroatoms. The maximum absolute atomic E-state index is 12.2. The molecule has 2 aromatic heterocycles. The SMILES string of the molecule is O=S(=O)(NCCc1nnc(-c2ccncc2)o1)c1ccc(Cl)c(Cl)c1. The van der Waals surface area contributed by atoms with Crippen LogP contribution < -0.4 is 4.72 Å². The first-order valence-corrected chi connectivity index (χ1v) is 9.37. The minimum absolute atomic E-state index is 0.0323. The highest BCUT2D eigenvalue weighted by molar-refractivity contribution is 7.89. The summed E-state index contributed by atoms with van der Waals surface area (Å²) in [4.78, 5) is 3.94. The van der Waals surface area contributed by atoms with Gasteiger partial charge in [0.2, 0.25) is 21.8 Å². The average Bonchev–Trinajstić information content (AvgIpc) is 3.07. The van der Waals surface area contributed by atoms with E-state index in [2.05, 4.69) is 19.9 Å². The van der Waals surface area contributed by atoms with Crippen LogP contribution in [0.2, 0.25) is 10.0 Å². The van der Waals surface area contributed by atoms with Gasteiger partial charge in [0, 0.05) is 30.9 Å². The Morgan fingerprint density at radius 3 is 2.52 bits per heavy atom. The molecule has 0 saturated heterocycles. The van der Waals surface area contributed by atoms with Crippen molar-refractivity contribution in [2.45, 2.75) is 11.3 Å². The average molecular weight is 399 g/mol. The van der Waals surface area contributed by atoms with Crippen LogP contribution in [0.1, 0.15) is 5.89 Å². The van der Waals surface area contributed by atoms with Gasteiger partial charge in [-0.15, -0.1) is 10.2 Å². The van der Waals surface area contributed by atoms with E-state index in [0.717, 1.165) is 5.56 Å². The minimum Gasteiger partial charge on any atom is -0.421 e. The molecule has 0 aliphatic carbocycles. The van der Waals surface area contributed by atoms with Crippen LogP contribution >= 0.6 is 23.2 Å². The molecule has 0 fully saturated rings. The van der Waals surface area contributed by atoms with Gasteiger partial charge in [0.05, 0.1) is 14.9 Å². The lowest BCUT2D eigenvalue weighted by molar-refractivity contribution is 0.502. The number of rotatable bonds is 6. The lowest BCUT2D eigenvalue weighted by atomic mass is 10.3. The molecule has 0 unspecified atom stereocenters. The number of sulfonamides is 1. The summed E-state index contributed by atoms with van der Waals surface area (Å²) in [7, 11) is -3.71. The Hall–Kier alpha value is -2.00. The normalized spacial score (nSPS) is 11.6. The summed E-state index contributed by atoms with van der Waals surface area (Å²) in [5.74, 6) is 0.674. The largest absolute Gasteiger partial charge is 0.421 e. The molecular weight excluding hydrogens is 387 g/mol. The molecule has 0 bridgehead atoms. The predicted octanol–water partition coefficient (Wildman–Crippen LogP) is 2.96. The summed E-state index contributed by atoms with van der Waals surface area (Å²) in [5.41, 5.74) is 0.741. The third kappa shape index (κ3) is 4.35. The number of hydrogen-bond donors (Lipinski definition) is 1. The molecule has 0 aliphatic rings. The highest BCUT2D eigenvalue weighted by Crippen LogP contribution is 2.24. The van der Waals surface area contributed by atoms with E-state index >= 15 is 0 Å². The fourth-order valence-electron chi connectivity index (χ4n) is 1.99. The first-order valence-electron chi connectivity index (χ1n) is 7.13. The van der Waals surface area contributed by atoms with Crippen molar-refractivity contribution < 1.29 is 12.8 Å². The molecule has 1 N–H and O–H groups in total. The molecule has 0 saturated carbocycles. The molecule has 1 aromatic carbocycles. The van der Waals surface area contributed by atoms with Crippen LogP contribution in [0.25, 0.3) is 11.5 Å². The molecule has 3 rings (SSSR count). The summed E-state index contributed by atoms with van der Waals surface area (Å²) in [5, 5.41) is 8.28. The molecule has 2 heterocycles. The molecule has 0 amide bonds. The fourth-order valence-corrected chi connectivity index (χ4v) is 3.41. The van der Waals surface area contributed by atoms with E-state index in [9.17, 15) is 8.42 Å². The summed E-state index contributed by atoms with van der Waals surface area (Å²) in [6.45, 7) is 0.0978. The zero-order valence-corrected chi connectivity index (χ0v) is 15.0. The molecule has 25 heavy (non-hydrogen) atoms. The van der Waals surface area contributed by atoms with Gasteiger partial charge in [-0.25, -0.2) is 13.1 Å². The summed E-state index contributed by atoms with van der Waals surface area (Å²) >= 11 is 11.6. The lowest BCUT2D eigenvalue weighted by Gasteiger charge is -2.06. The Morgan fingerprint density at radius 2 is 1.80 bits per heavy atom. The van der Waals surface area contributed by atoms with Crippen molar-refractivity contribution in [2.75, 3.05) is 6.54 Å². The Kier molecular flexibility index (Phi) is 5.33. The number of pyridine rings is 1. The van der Waals surface area contributed by atoms with Crippen LogP contribution in [0.4, 0.5) is 0 Å². The van der Waals surface area contributed by atoms with Gasteiger partial charge in [-0.3, -0.25) is 4.98 Å².